The van der Waals surface area contributed by atoms with Crippen LogP contribution in [0.2, 0.25) is 0 Å². The van der Waals surface area contributed by atoms with E-state index in [9.17, 15) is 0 Å². The molecule has 13 heavy (non-hydrogen) atoms. The third-order valence-electron chi connectivity index (χ3n) is 1.92. The van der Waals surface area contributed by atoms with Crippen molar-refractivity contribution in [2.45, 2.75) is 13.3 Å². The fraction of sp³-hybridized carbons (Fsp3) is 0.182. The van der Waals surface area contributed by atoms with Gasteiger partial charge in [0.25, 0.3) is 0 Å². The zero-order valence-electron chi connectivity index (χ0n) is 7.62. The van der Waals surface area contributed by atoms with Crippen LogP contribution >= 0.6 is 0 Å². The maximum Gasteiger partial charge on any atom is 0.0933 e. The molecule has 0 aliphatic carbocycles. The lowest BCUT2D eigenvalue weighted by molar-refractivity contribution is 1.14. The van der Waals surface area contributed by atoms with Gasteiger partial charge in [-0.05, 0) is 17.5 Å². The molecule has 0 saturated carbocycles. The largest absolute Gasteiger partial charge is 0.398 e. The van der Waals surface area contributed by atoms with Crippen molar-refractivity contribution in [3.8, 4) is 6.07 Å². The zero-order chi connectivity index (χ0) is 9.68. The second kappa shape index (κ2) is 4.32. The van der Waals surface area contributed by atoms with E-state index in [0.29, 0.717) is 5.70 Å². The fourth-order valence-corrected chi connectivity index (χ4v) is 1.09. The molecule has 0 amide bonds. The first-order chi connectivity index (χ1) is 6.27. The molecule has 0 aromatic heterocycles. The van der Waals surface area contributed by atoms with Crippen molar-refractivity contribution in [2.24, 2.45) is 5.73 Å². The van der Waals surface area contributed by atoms with E-state index in [4.69, 9.17) is 11.0 Å². The summed E-state index contributed by atoms with van der Waals surface area (Å²) in [4.78, 5) is 0. The topological polar surface area (TPSA) is 49.8 Å². The number of hydrogen-bond donors (Lipinski definition) is 1. The molecule has 1 rings (SSSR count). The van der Waals surface area contributed by atoms with E-state index in [0.717, 1.165) is 12.0 Å². The molecule has 0 atom stereocenters. The third-order valence-corrected chi connectivity index (χ3v) is 1.92. The lowest BCUT2D eigenvalue weighted by Gasteiger charge is -2.00. The molecule has 2 N–H and O–H groups in total. The van der Waals surface area contributed by atoms with Crippen LogP contribution in [0.1, 0.15) is 18.1 Å². The van der Waals surface area contributed by atoms with E-state index < -0.39 is 0 Å². The Morgan fingerprint density at radius 2 is 2.08 bits per heavy atom. The van der Waals surface area contributed by atoms with Crippen molar-refractivity contribution in [2.75, 3.05) is 0 Å². The van der Waals surface area contributed by atoms with Crippen LogP contribution in [0.4, 0.5) is 0 Å². The molecule has 1 aromatic carbocycles. The number of nitriles is 1. The Labute approximate surface area is 78.3 Å². The number of benzene rings is 1. The molecule has 0 bridgehead atoms. The summed E-state index contributed by atoms with van der Waals surface area (Å²) in [6.07, 6.45) is 2.36. The molecule has 0 saturated heterocycles. The van der Waals surface area contributed by atoms with Gasteiger partial charge in [-0.25, -0.2) is 0 Å². The lowest BCUT2D eigenvalue weighted by Crippen LogP contribution is -1.95. The van der Waals surface area contributed by atoms with E-state index in [1.807, 2.05) is 30.3 Å². The van der Waals surface area contributed by atoms with Crippen LogP contribution in [0, 0.1) is 11.3 Å². The van der Waals surface area contributed by atoms with Crippen LogP contribution < -0.4 is 5.73 Å². The molecule has 1 aromatic rings. The van der Waals surface area contributed by atoms with Gasteiger partial charge in [0.2, 0.25) is 0 Å². The van der Waals surface area contributed by atoms with Gasteiger partial charge < -0.3 is 5.73 Å². The van der Waals surface area contributed by atoms with Crippen molar-refractivity contribution in [1.82, 2.24) is 0 Å². The standard InChI is InChI=1S/C11H12N2/c1-2-9-3-5-10(6-4-9)11(13)7-8-12/h3-7H,2,13H2,1H3/b11-7-. The smallest absolute Gasteiger partial charge is 0.0933 e. The Kier molecular flexibility index (Phi) is 3.10. The molecule has 2 nitrogen and oxygen atoms in total. The van der Waals surface area contributed by atoms with Crippen molar-refractivity contribution in [1.29, 1.82) is 5.26 Å². The number of aryl methyl sites for hydroxylation is 1. The Morgan fingerprint density at radius 1 is 1.46 bits per heavy atom. The third kappa shape index (κ3) is 2.34. The van der Waals surface area contributed by atoms with Crippen LogP contribution in [-0.4, -0.2) is 0 Å². The molecule has 0 spiro atoms. The first-order valence-electron chi connectivity index (χ1n) is 4.22. The van der Waals surface area contributed by atoms with Crippen LogP contribution in [0.5, 0.6) is 0 Å². The molecule has 0 aliphatic heterocycles. The van der Waals surface area contributed by atoms with E-state index >= 15 is 0 Å². The van der Waals surface area contributed by atoms with Crippen molar-refractivity contribution in [3.05, 3.63) is 41.5 Å². The molecule has 66 valence electrons. The van der Waals surface area contributed by atoms with Gasteiger partial charge in [0.15, 0.2) is 0 Å². The van der Waals surface area contributed by atoms with Gasteiger partial charge in [-0.3, -0.25) is 0 Å². The molecule has 0 aliphatic rings. The van der Waals surface area contributed by atoms with Gasteiger partial charge in [-0.15, -0.1) is 0 Å². The number of rotatable bonds is 2. The highest BCUT2D eigenvalue weighted by Gasteiger charge is 1.95. The quantitative estimate of drug-likeness (QED) is 0.694. The van der Waals surface area contributed by atoms with Crippen LogP contribution in [-0.2, 0) is 6.42 Å². The SMILES string of the molecule is CCc1ccc(/C(N)=C/C#N)cc1. The highest BCUT2D eigenvalue weighted by atomic mass is 14.6. The van der Waals surface area contributed by atoms with Gasteiger partial charge >= 0.3 is 0 Å². The first kappa shape index (κ1) is 9.34. The summed E-state index contributed by atoms with van der Waals surface area (Å²) >= 11 is 0. The predicted octanol–water partition coefficient (Wildman–Crippen LogP) is 2.07. The molecule has 0 heterocycles. The number of nitrogens with zero attached hydrogens (tertiary/aromatic N) is 1. The highest BCUT2D eigenvalue weighted by molar-refractivity contribution is 5.64. The maximum absolute atomic E-state index is 8.39. The van der Waals surface area contributed by atoms with Crippen LogP contribution in [0.3, 0.4) is 0 Å². The summed E-state index contributed by atoms with van der Waals surface area (Å²) in [7, 11) is 0. The molecular formula is C11H12N2. The number of hydrogen-bond acceptors (Lipinski definition) is 2. The summed E-state index contributed by atoms with van der Waals surface area (Å²) in [5.41, 5.74) is 8.33. The Hall–Kier alpha value is -1.75. The van der Waals surface area contributed by atoms with E-state index in [2.05, 4.69) is 6.92 Å². The minimum atomic E-state index is 0.519. The molecular weight excluding hydrogens is 160 g/mol. The van der Waals surface area contributed by atoms with E-state index in [1.165, 1.54) is 11.6 Å². The minimum absolute atomic E-state index is 0.519. The summed E-state index contributed by atoms with van der Waals surface area (Å²) < 4.78 is 0. The average Bonchev–Trinajstić information content (AvgIpc) is 2.18. The molecule has 0 unspecified atom stereocenters. The predicted molar refractivity (Wildman–Crippen MR) is 53.6 cm³/mol. The summed E-state index contributed by atoms with van der Waals surface area (Å²) in [6.45, 7) is 2.10. The molecule has 2 heteroatoms. The van der Waals surface area contributed by atoms with Gasteiger partial charge in [-0.2, -0.15) is 5.26 Å². The average molecular weight is 172 g/mol. The summed E-state index contributed by atoms with van der Waals surface area (Å²) in [5.74, 6) is 0. The van der Waals surface area contributed by atoms with E-state index in [1.54, 1.807) is 0 Å². The maximum atomic E-state index is 8.39. The van der Waals surface area contributed by atoms with Gasteiger partial charge in [-0.1, -0.05) is 31.2 Å². The van der Waals surface area contributed by atoms with E-state index in [-0.39, 0.29) is 0 Å². The van der Waals surface area contributed by atoms with Crippen molar-refractivity contribution < 1.29 is 0 Å². The Balaban J connectivity index is 2.94. The normalized spacial score (nSPS) is 10.9. The number of allylic oxidation sites excluding steroid dienone is 1. The second-order valence-electron chi connectivity index (χ2n) is 2.78. The summed E-state index contributed by atoms with van der Waals surface area (Å²) in [6, 6.07) is 9.82. The minimum Gasteiger partial charge on any atom is -0.398 e. The van der Waals surface area contributed by atoms with Gasteiger partial charge in [0.05, 0.1) is 6.07 Å². The highest BCUT2D eigenvalue weighted by Crippen LogP contribution is 2.10. The van der Waals surface area contributed by atoms with Gasteiger partial charge in [0.1, 0.15) is 0 Å². The Morgan fingerprint density at radius 3 is 2.54 bits per heavy atom. The zero-order valence-corrected chi connectivity index (χ0v) is 7.62. The van der Waals surface area contributed by atoms with Crippen LogP contribution in [0.15, 0.2) is 30.3 Å². The lowest BCUT2D eigenvalue weighted by atomic mass is 10.1. The summed E-state index contributed by atoms with van der Waals surface area (Å²) in [5, 5.41) is 8.39. The number of nitrogens with two attached hydrogens (primary N) is 1. The van der Waals surface area contributed by atoms with Gasteiger partial charge in [0, 0.05) is 11.8 Å². The van der Waals surface area contributed by atoms with Crippen molar-refractivity contribution in [3.63, 3.8) is 0 Å². The molecule has 0 fully saturated rings. The van der Waals surface area contributed by atoms with Crippen molar-refractivity contribution >= 4 is 5.70 Å². The fourth-order valence-electron chi connectivity index (χ4n) is 1.09. The van der Waals surface area contributed by atoms with Crippen LogP contribution in [0.25, 0.3) is 5.70 Å². The first-order valence-corrected chi connectivity index (χ1v) is 4.22. The molecule has 0 radical (unpaired) electrons. The Bertz CT molecular complexity index is 341. The monoisotopic (exact) mass is 172 g/mol. The second-order valence-corrected chi connectivity index (χ2v) is 2.78.